The molecule has 0 aromatic heterocycles. The van der Waals surface area contributed by atoms with Crippen LogP contribution >= 0.6 is 0 Å². The quantitative estimate of drug-likeness (QED) is 0.852. The lowest BCUT2D eigenvalue weighted by atomic mass is 9.99. The van der Waals surface area contributed by atoms with E-state index in [4.69, 9.17) is 0 Å². The topological polar surface area (TPSA) is 69.7 Å². The molecule has 0 bridgehead atoms. The fourth-order valence-corrected chi connectivity index (χ4v) is 4.67. The van der Waals surface area contributed by atoms with Crippen molar-refractivity contribution in [1.29, 1.82) is 0 Å². The molecule has 0 saturated carbocycles. The number of aryl methyl sites for hydroxylation is 1. The molecule has 2 heterocycles. The van der Waals surface area contributed by atoms with Crippen LogP contribution in [0.5, 0.6) is 0 Å². The molecule has 1 unspecified atom stereocenters. The van der Waals surface area contributed by atoms with Gasteiger partial charge in [-0.2, -0.15) is 0 Å². The summed E-state index contributed by atoms with van der Waals surface area (Å²) in [5, 5.41) is 3.00. The van der Waals surface area contributed by atoms with Crippen LogP contribution < -0.4 is 10.2 Å². The van der Waals surface area contributed by atoms with Crippen LogP contribution in [0.25, 0.3) is 0 Å². The number of nitrogens with one attached hydrogen (secondary N) is 1. The lowest BCUT2D eigenvalue weighted by molar-refractivity contribution is -0.126. The number of para-hydroxylation sites is 1. The van der Waals surface area contributed by atoms with Crippen LogP contribution in [-0.2, 0) is 21.2 Å². The summed E-state index contributed by atoms with van der Waals surface area (Å²) in [5.41, 5.74) is 2.64. The van der Waals surface area contributed by atoms with E-state index < -0.39 is 10.0 Å². The molecule has 0 spiro atoms. The van der Waals surface area contributed by atoms with Crippen molar-refractivity contribution in [3.63, 3.8) is 0 Å². The fraction of sp³-hybridized carbons (Fsp3) is 0.611. The molecule has 1 fully saturated rings. The van der Waals surface area contributed by atoms with Gasteiger partial charge in [0.1, 0.15) is 0 Å². The predicted octanol–water partition coefficient (Wildman–Crippen LogP) is 1.23. The summed E-state index contributed by atoms with van der Waals surface area (Å²) in [6.07, 6.45) is 4.95. The SMILES string of the molecule is CS(=O)(=O)N1CCCC(C(=O)NCCN2CCCc3ccccc32)C1. The normalized spacial score (nSPS) is 21.6. The van der Waals surface area contributed by atoms with Gasteiger partial charge in [-0.25, -0.2) is 12.7 Å². The second-order valence-corrected chi connectivity index (χ2v) is 8.95. The molecule has 1 atom stereocenters. The van der Waals surface area contributed by atoms with Crippen molar-refractivity contribution in [3.05, 3.63) is 29.8 Å². The minimum absolute atomic E-state index is 0.0290. The molecule has 1 aromatic carbocycles. The highest BCUT2D eigenvalue weighted by molar-refractivity contribution is 7.88. The number of hydrogen-bond acceptors (Lipinski definition) is 4. The first-order chi connectivity index (χ1) is 11.9. The predicted molar refractivity (Wildman–Crippen MR) is 99.1 cm³/mol. The summed E-state index contributed by atoms with van der Waals surface area (Å²) >= 11 is 0. The van der Waals surface area contributed by atoms with E-state index in [1.807, 2.05) is 0 Å². The lowest BCUT2D eigenvalue weighted by Crippen LogP contribution is -2.46. The van der Waals surface area contributed by atoms with Crippen molar-refractivity contribution in [2.24, 2.45) is 5.92 Å². The Morgan fingerprint density at radius 3 is 2.84 bits per heavy atom. The molecule has 1 saturated heterocycles. The van der Waals surface area contributed by atoms with E-state index in [0.29, 0.717) is 19.6 Å². The van der Waals surface area contributed by atoms with Crippen molar-refractivity contribution < 1.29 is 13.2 Å². The number of nitrogens with zero attached hydrogens (tertiary/aromatic N) is 2. The molecule has 0 radical (unpaired) electrons. The number of anilines is 1. The standard InChI is InChI=1S/C18H27N3O3S/c1-25(23,24)21-12-5-8-16(14-21)18(22)19-10-13-20-11-4-7-15-6-2-3-9-17(15)20/h2-3,6,9,16H,4-5,7-8,10-14H2,1H3,(H,19,22). The first-order valence-corrected chi connectivity index (χ1v) is 10.9. The van der Waals surface area contributed by atoms with E-state index in [0.717, 1.165) is 38.8 Å². The van der Waals surface area contributed by atoms with Crippen LogP contribution in [0.3, 0.4) is 0 Å². The molecule has 6 nitrogen and oxygen atoms in total. The molecule has 7 heteroatoms. The molecule has 2 aliphatic rings. The summed E-state index contributed by atoms with van der Waals surface area (Å²) in [5.74, 6) is -0.268. The van der Waals surface area contributed by atoms with Gasteiger partial charge in [-0.05, 0) is 37.3 Å². The number of hydrogen-bond donors (Lipinski definition) is 1. The molecular weight excluding hydrogens is 338 g/mol. The molecule has 1 N–H and O–H groups in total. The largest absolute Gasteiger partial charge is 0.370 e. The summed E-state index contributed by atoms with van der Waals surface area (Å²) in [6.45, 7) is 3.20. The van der Waals surface area contributed by atoms with Gasteiger partial charge in [0.15, 0.2) is 0 Å². The first kappa shape index (κ1) is 18.2. The second kappa shape index (κ2) is 7.74. The number of amides is 1. The maximum absolute atomic E-state index is 12.4. The van der Waals surface area contributed by atoms with E-state index in [-0.39, 0.29) is 11.8 Å². The van der Waals surface area contributed by atoms with Gasteiger partial charge in [-0.15, -0.1) is 0 Å². The molecule has 3 rings (SSSR count). The Morgan fingerprint density at radius 2 is 2.04 bits per heavy atom. The van der Waals surface area contributed by atoms with Crippen molar-refractivity contribution >= 4 is 21.6 Å². The molecule has 0 aliphatic carbocycles. The maximum atomic E-state index is 12.4. The van der Waals surface area contributed by atoms with Gasteiger partial charge in [0, 0.05) is 38.4 Å². The first-order valence-electron chi connectivity index (χ1n) is 9.01. The third-order valence-electron chi connectivity index (χ3n) is 5.11. The molecule has 2 aliphatic heterocycles. The number of benzene rings is 1. The van der Waals surface area contributed by atoms with Crippen molar-refractivity contribution in [3.8, 4) is 0 Å². The van der Waals surface area contributed by atoms with Crippen LogP contribution in [0.2, 0.25) is 0 Å². The van der Waals surface area contributed by atoms with Crippen LogP contribution in [0.15, 0.2) is 24.3 Å². The van der Waals surface area contributed by atoms with Gasteiger partial charge in [0.05, 0.1) is 12.2 Å². The van der Waals surface area contributed by atoms with Crippen molar-refractivity contribution in [1.82, 2.24) is 9.62 Å². The maximum Gasteiger partial charge on any atom is 0.224 e. The van der Waals surface area contributed by atoms with Gasteiger partial charge in [0.25, 0.3) is 0 Å². The number of fused-ring (bicyclic) bond motifs is 1. The van der Waals surface area contributed by atoms with Gasteiger partial charge >= 0.3 is 0 Å². The minimum Gasteiger partial charge on any atom is -0.370 e. The van der Waals surface area contributed by atoms with Crippen LogP contribution in [-0.4, -0.2) is 57.6 Å². The third kappa shape index (κ3) is 4.52. The fourth-order valence-electron chi connectivity index (χ4n) is 3.76. The average Bonchev–Trinajstić information content (AvgIpc) is 2.61. The van der Waals surface area contributed by atoms with Crippen LogP contribution in [0.1, 0.15) is 24.8 Å². The van der Waals surface area contributed by atoms with Gasteiger partial charge in [-0.3, -0.25) is 4.79 Å². The number of carbonyl (C=O) groups is 1. The zero-order valence-corrected chi connectivity index (χ0v) is 15.6. The second-order valence-electron chi connectivity index (χ2n) is 6.97. The number of carbonyl (C=O) groups excluding carboxylic acids is 1. The number of sulfonamides is 1. The molecule has 25 heavy (non-hydrogen) atoms. The van der Waals surface area contributed by atoms with Crippen molar-refractivity contribution in [2.45, 2.75) is 25.7 Å². The Labute approximate surface area is 150 Å². The Morgan fingerprint density at radius 1 is 1.24 bits per heavy atom. The van der Waals surface area contributed by atoms with E-state index >= 15 is 0 Å². The summed E-state index contributed by atoms with van der Waals surface area (Å²) in [6, 6.07) is 8.43. The van der Waals surface area contributed by atoms with E-state index in [1.165, 1.54) is 21.8 Å². The van der Waals surface area contributed by atoms with Crippen LogP contribution in [0, 0.1) is 5.92 Å². The highest BCUT2D eigenvalue weighted by Crippen LogP contribution is 2.26. The highest BCUT2D eigenvalue weighted by atomic mass is 32.2. The summed E-state index contributed by atoms with van der Waals surface area (Å²) in [7, 11) is -3.22. The Kier molecular flexibility index (Phi) is 5.64. The van der Waals surface area contributed by atoms with Crippen LogP contribution in [0.4, 0.5) is 5.69 Å². The monoisotopic (exact) mass is 365 g/mol. The van der Waals surface area contributed by atoms with Gasteiger partial charge in [0.2, 0.25) is 15.9 Å². The number of rotatable bonds is 5. The molecule has 138 valence electrons. The minimum atomic E-state index is -3.22. The zero-order valence-electron chi connectivity index (χ0n) is 14.8. The van der Waals surface area contributed by atoms with Crippen molar-refractivity contribution in [2.75, 3.05) is 43.9 Å². The Balaban J connectivity index is 1.50. The van der Waals surface area contributed by atoms with E-state index in [2.05, 4.69) is 34.5 Å². The van der Waals surface area contributed by atoms with E-state index in [9.17, 15) is 13.2 Å². The molecule has 1 aromatic rings. The smallest absolute Gasteiger partial charge is 0.224 e. The van der Waals surface area contributed by atoms with Gasteiger partial charge < -0.3 is 10.2 Å². The third-order valence-corrected chi connectivity index (χ3v) is 6.38. The zero-order chi connectivity index (χ0) is 17.9. The highest BCUT2D eigenvalue weighted by Gasteiger charge is 2.30. The average molecular weight is 365 g/mol. The summed E-state index contributed by atoms with van der Waals surface area (Å²) in [4.78, 5) is 14.7. The molecular formula is C18H27N3O3S. The van der Waals surface area contributed by atoms with E-state index in [1.54, 1.807) is 0 Å². The molecule has 1 amide bonds. The number of piperidine rings is 1. The van der Waals surface area contributed by atoms with Gasteiger partial charge in [-0.1, -0.05) is 18.2 Å². The Bertz CT molecular complexity index is 720. The summed E-state index contributed by atoms with van der Waals surface area (Å²) < 4.78 is 24.8. The lowest BCUT2D eigenvalue weighted by Gasteiger charge is -2.32. The Hall–Kier alpha value is -1.60.